The number of hydrogen-bond acceptors (Lipinski definition) is 3. The van der Waals surface area contributed by atoms with Gasteiger partial charge in [-0.2, -0.15) is 5.26 Å². The molecule has 21 heavy (non-hydrogen) atoms. The van der Waals surface area contributed by atoms with Crippen LogP contribution in [0.25, 0.3) is 0 Å². The maximum absolute atomic E-state index is 8.76. The lowest BCUT2D eigenvalue weighted by Gasteiger charge is -2.22. The van der Waals surface area contributed by atoms with Gasteiger partial charge in [-0.15, -0.1) is 0 Å². The predicted octanol–water partition coefficient (Wildman–Crippen LogP) is 3.45. The summed E-state index contributed by atoms with van der Waals surface area (Å²) in [5.74, 6) is 2.82. The van der Waals surface area contributed by atoms with Crippen LogP contribution in [0.1, 0.15) is 37.7 Å². The van der Waals surface area contributed by atoms with E-state index in [2.05, 4.69) is 11.0 Å². The van der Waals surface area contributed by atoms with Gasteiger partial charge in [0.05, 0.1) is 18.2 Å². The van der Waals surface area contributed by atoms with Crippen LogP contribution in [0.2, 0.25) is 0 Å². The van der Waals surface area contributed by atoms with Crippen LogP contribution in [0, 0.1) is 23.2 Å². The molecule has 0 N–H and O–H groups in total. The SMILES string of the molecule is N#Cc1ccc(OCCCN(CC2CC2)CC2CC2)cc1. The average Bonchev–Trinajstić information content (AvgIpc) is 3.40. The highest BCUT2D eigenvalue weighted by molar-refractivity contribution is 5.34. The summed E-state index contributed by atoms with van der Waals surface area (Å²) < 4.78 is 5.76. The topological polar surface area (TPSA) is 36.3 Å². The van der Waals surface area contributed by atoms with Crippen molar-refractivity contribution in [2.75, 3.05) is 26.2 Å². The van der Waals surface area contributed by atoms with E-state index in [9.17, 15) is 0 Å². The molecule has 2 saturated carbocycles. The van der Waals surface area contributed by atoms with Gasteiger partial charge in [0.2, 0.25) is 0 Å². The smallest absolute Gasteiger partial charge is 0.119 e. The molecule has 0 aliphatic heterocycles. The van der Waals surface area contributed by atoms with Gasteiger partial charge >= 0.3 is 0 Å². The predicted molar refractivity (Wildman–Crippen MR) is 83.2 cm³/mol. The summed E-state index contributed by atoms with van der Waals surface area (Å²) >= 11 is 0. The zero-order valence-corrected chi connectivity index (χ0v) is 12.6. The van der Waals surface area contributed by atoms with E-state index in [0.717, 1.165) is 37.2 Å². The number of hydrogen-bond donors (Lipinski definition) is 0. The number of ether oxygens (including phenoxy) is 1. The van der Waals surface area contributed by atoms with E-state index in [1.165, 1.54) is 38.8 Å². The van der Waals surface area contributed by atoms with Gasteiger partial charge in [-0.1, -0.05) is 0 Å². The van der Waals surface area contributed by atoms with Gasteiger partial charge in [0.25, 0.3) is 0 Å². The summed E-state index contributed by atoms with van der Waals surface area (Å²) in [4.78, 5) is 2.65. The van der Waals surface area contributed by atoms with Crippen LogP contribution in [-0.4, -0.2) is 31.1 Å². The lowest BCUT2D eigenvalue weighted by atomic mass is 10.2. The van der Waals surface area contributed by atoms with Crippen molar-refractivity contribution in [1.82, 2.24) is 4.90 Å². The highest BCUT2D eigenvalue weighted by atomic mass is 16.5. The van der Waals surface area contributed by atoms with Crippen molar-refractivity contribution in [3.05, 3.63) is 29.8 Å². The van der Waals surface area contributed by atoms with Gasteiger partial charge < -0.3 is 9.64 Å². The third-order valence-electron chi connectivity index (χ3n) is 4.30. The Morgan fingerprint density at radius 1 is 1.05 bits per heavy atom. The summed E-state index contributed by atoms with van der Waals surface area (Å²) in [5.41, 5.74) is 0.683. The van der Waals surface area contributed by atoms with Crippen LogP contribution in [0.4, 0.5) is 0 Å². The highest BCUT2D eigenvalue weighted by Gasteiger charge is 2.28. The third-order valence-corrected chi connectivity index (χ3v) is 4.30. The second-order valence-corrected chi connectivity index (χ2v) is 6.48. The van der Waals surface area contributed by atoms with Gasteiger partial charge in [0.15, 0.2) is 0 Å². The first-order chi connectivity index (χ1) is 10.3. The maximum atomic E-state index is 8.76. The highest BCUT2D eigenvalue weighted by Crippen LogP contribution is 2.33. The molecule has 0 unspecified atom stereocenters. The Hall–Kier alpha value is -1.53. The summed E-state index contributed by atoms with van der Waals surface area (Å²) in [6.45, 7) is 4.52. The van der Waals surface area contributed by atoms with Crippen LogP contribution in [0.15, 0.2) is 24.3 Å². The normalized spacial score (nSPS) is 17.7. The molecule has 3 rings (SSSR count). The molecule has 0 spiro atoms. The van der Waals surface area contributed by atoms with Crippen LogP contribution < -0.4 is 4.74 Å². The zero-order valence-electron chi connectivity index (χ0n) is 12.6. The lowest BCUT2D eigenvalue weighted by molar-refractivity contribution is 0.221. The molecule has 1 aromatic carbocycles. The van der Waals surface area contributed by atoms with E-state index >= 15 is 0 Å². The molecule has 112 valence electrons. The van der Waals surface area contributed by atoms with Crippen LogP contribution in [0.3, 0.4) is 0 Å². The van der Waals surface area contributed by atoms with Crippen molar-refractivity contribution in [1.29, 1.82) is 5.26 Å². The number of rotatable bonds is 9. The Morgan fingerprint density at radius 2 is 1.67 bits per heavy atom. The fraction of sp³-hybridized carbons (Fsp3) is 0.611. The molecule has 0 saturated heterocycles. The summed E-state index contributed by atoms with van der Waals surface area (Å²) in [6, 6.07) is 9.50. The van der Waals surface area contributed by atoms with Gasteiger partial charge in [-0.25, -0.2) is 0 Å². The fourth-order valence-electron chi connectivity index (χ4n) is 2.69. The van der Waals surface area contributed by atoms with Crippen molar-refractivity contribution in [2.45, 2.75) is 32.1 Å². The molecule has 2 aliphatic carbocycles. The molecule has 0 atom stereocenters. The van der Waals surface area contributed by atoms with Crippen molar-refractivity contribution in [2.24, 2.45) is 11.8 Å². The minimum Gasteiger partial charge on any atom is -0.494 e. The van der Waals surface area contributed by atoms with E-state index in [4.69, 9.17) is 10.00 Å². The van der Waals surface area contributed by atoms with E-state index in [0.29, 0.717) is 5.56 Å². The molecule has 3 heteroatoms. The molecule has 0 radical (unpaired) electrons. The quantitative estimate of drug-likeness (QED) is 0.652. The Morgan fingerprint density at radius 3 is 2.19 bits per heavy atom. The number of benzene rings is 1. The molecular weight excluding hydrogens is 260 g/mol. The van der Waals surface area contributed by atoms with Crippen molar-refractivity contribution >= 4 is 0 Å². The minimum atomic E-state index is 0.683. The molecule has 1 aromatic rings. The van der Waals surface area contributed by atoms with Crippen LogP contribution in [0.5, 0.6) is 5.75 Å². The monoisotopic (exact) mass is 284 g/mol. The van der Waals surface area contributed by atoms with E-state index in [1.54, 1.807) is 0 Å². The summed E-state index contributed by atoms with van der Waals surface area (Å²) in [7, 11) is 0. The Bertz CT molecular complexity index is 469. The zero-order chi connectivity index (χ0) is 14.5. The van der Waals surface area contributed by atoms with Gasteiger partial charge in [0, 0.05) is 19.6 Å². The first kappa shape index (κ1) is 14.4. The molecule has 0 bridgehead atoms. The van der Waals surface area contributed by atoms with Crippen molar-refractivity contribution in [3.8, 4) is 11.8 Å². The van der Waals surface area contributed by atoms with Crippen molar-refractivity contribution in [3.63, 3.8) is 0 Å². The van der Waals surface area contributed by atoms with Crippen LogP contribution in [-0.2, 0) is 0 Å². The Labute approximate surface area is 127 Å². The first-order valence-electron chi connectivity index (χ1n) is 8.19. The minimum absolute atomic E-state index is 0.683. The second-order valence-electron chi connectivity index (χ2n) is 6.48. The lowest BCUT2D eigenvalue weighted by Crippen LogP contribution is -2.30. The molecule has 0 aromatic heterocycles. The Balaban J connectivity index is 1.35. The second kappa shape index (κ2) is 6.95. The molecule has 0 heterocycles. The average molecular weight is 284 g/mol. The van der Waals surface area contributed by atoms with E-state index in [-0.39, 0.29) is 0 Å². The third kappa shape index (κ3) is 5.06. The number of nitriles is 1. The largest absolute Gasteiger partial charge is 0.494 e. The summed E-state index contributed by atoms with van der Waals surface area (Å²) in [5, 5.41) is 8.76. The van der Waals surface area contributed by atoms with E-state index in [1.807, 2.05) is 24.3 Å². The van der Waals surface area contributed by atoms with Gasteiger partial charge in [0.1, 0.15) is 5.75 Å². The maximum Gasteiger partial charge on any atom is 0.119 e. The molecule has 2 aliphatic rings. The van der Waals surface area contributed by atoms with Crippen LogP contribution >= 0.6 is 0 Å². The molecule has 2 fully saturated rings. The molecule has 0 amide bonds. The number of nitrogens with zero attached hydrogens (tertiary/aromatic N) is 2. The first-order valence-corrected chi connectivity index (χ1v) is 8.19. The van der Waals surface area contributed by atoms with Crippen molar-refractivity contribution < 1.29 is 4.74 Å². The molecule has 3 nitrogen and oxygen atoms in total. The summed E-state index contributed by atoms with van der Waals surface area (Å²) in [6.07, 6.45) is 6.82. The van der Waals surface area contributed by atoms with E-state index < -0.39 is 0 Å². The van der Waals surface area contributed by atoms with Gasteiger partial charge in [-0.3, -0.25) is 0 Å². The Kier molecular flexibility index (Phi) is 4.77. The van der Waals surface area contributed by atoms with Gasteiger partial charge in [-0.05, 0) is 68.2 Å². The molecular formula is C18H24N2O. The standard InChI is InChI=1S/C18H24N2O/c19-12-15-6-8-18(9-7-15)21-11-1-10-20(13-16-2-3-16)14-17-4-5-17/h6-9,16-17H,1-5,10-11,13-14H2. The fourth-order valence-corrected chi connectivity index (χ4v) is 2.69.